The molecule has 208 valence electrons. The van der Waals surface area contributed by atoms with Crippen molar-refractivity contribution in [2.75, 3.05) is 50.0 Å². The zero-order chi connectivity index (χ0) is 27.7. The maximum absolute atomic E-state index is 12.3. The minimum atomic E-state index is -3.32. The smallest absolute Gasteiger partial charge is 0.213 e. The van der Waals surface area contributed by atoms with E-state index in [2.05, 4.69) is 33.2 Å². The van der Waals surface area contributed by atoms with Gasteiger partial charge in [0.15, 0.2) is 0 Å². The van der Waals surface area contributed by atoms with Gasteiger partial charge in [0, 0.05) is 50.6 Å². The molecule has 0 amide bonds. The summed E-state index contributed by atoms with van der Waals surface area (Å²) in [4.78, 5) is 16.6. The van der Waals surface area contributed by atoms with Crippen LogP contribution in [0.25, 0.3) is 21.5 Å². The van der Waals surface area contributed by atoms with Gasteiger partial charge in [-0.15, -0.1) is 11.3 Å². The van der Waals surface area contributed by atoms with Gasteiger partial charge in [0.05, 0.1) is 53.6 Å². The first kappa shape index (κ1) is 26.8. The van der Waals surface area contributed by atoms with Crippen molar-refractivity contribution >= 4 is 37.4 Å². The van der Waals surface area contributed by atoms with Crippen LogP contribution in [0.4, 0.5) is 5.82 Å². The van der Waals surface area contributed by atoms with Crippen molar-refractivity contribution in [3.05, 3.63) is 53.6 Å². The first-order chi connectivity index (χ1) is 19.4. The summed E-state index contributed by atoms with van der Waals surface area (Å²) in [5.41, 5.74) is 2.94. The lowest BCUT2D eigenvalue weighted by Gasteiger charge is -2.47. The van der Waals surface area contributed by atoms with Gasteiger partial charge in [-0.05, 0) is 36.4 Å². The molecule has 40 heavy (non-hydrogen) atoms. The Bertz CT molecular complexity index is 1650. The number of pyridine rings is 1. The van der Waals surface area contributed by atoms with Crippen molar-refractivity contribution in [3.63, 3.8) is 0 Å². The number of thiophene rings is 1. The number of nitrogens with zero attached hydrogens (tertiary/aromatic N) is 8. The number of aromatic nitrogens is 5. The van der Waals surface area contributed by atoms with Gasteiger partial charge < -0.3 is 9.64 Å². The Morgan fingerprint density at radius 1 is 1.12 bits per heavy atom. The summed E-state index contributed by atoms with van der Waals surface area (Å²) in [6, 6.07) is 8.39. The summed E-state index contributed by atoms with van der Waals surface area (Å²) in [6.45, 7) is 5.26. The molecule has 0 spiro atoms. The van der Waals surface area contributed by atoms with Gasteiger partial charge in [0.2, 0.25) is 10.0 Å². The molecule has 13 heteroatoms. The zero-order valence-electron chi connectivity index (χ0n) is 22.2. The Kier molecular flexibility index (Phi) is 7.26. The third-order valence-electron chi connectivity index (χ3n) is 7.58. The predicted molar refractivity (Wildman–Crippen MR) is 153 cm³/mol. The van der Waals surface area contributed by atoms with Gasteiger partial charge >= 0.3 is 0 Å². The lowest BCUT2D eigenvalue weighted by atomic mass is 9.89. The fraction of sp³-hybridized carbons (Fsp3) is 0.444. The summed E-state index contributed by atoms with van der Waals surface area (Å²) in [5, 5.41) is 16.1. The van der Waals surface area contributed by atoms with E-state index >= 15 is 0 Å². The van der Waals surface area contributed by atoms with Crippen LogP contribution in [0.3, 0.4) is 0 Å². The topological polar surface area (TPSA) is 130 Å². The predicted octanol–water partition coefficient (Wildman–Crippen LogP) is 2.85. The first-order valence-electron chi connectivity index (χ1n) is 13.3. The maximum Gasteiger partial charge on any atom is 0.213 e. The Hall–Kier alpha value is -3.44. The second-order valence-corrected chi connectivity index (χ2v) is 13.3. The number of anilines is 1. The molecule has 6 rings (SSSR count). The zero-order valence-corrected chi connectivity index (χ0v) is 23.9. The number of ether oxygens (including phenoxy) is 1. The molecule has 4 aromatic heterocycles. The normalized spacial score (nSPS) is 17.6. The van der Waals surface area contributed by atoms with Crippen LogP contribution in [0, 0.1) is 11.3 Å². The summed E-state index contributed by atoms with van der Waals surface area (Å²) >= 11 is 1.58. The number of fused-ring (bicyclic) bond motifs is 1. The molecule has 2 fully saturated rings. The molecule has 0 atom stereocenters. The van der Waals surface area contributed by atoms with Gasteiger partial charge in [0.25, 0.3) is 0 Å². The largest absolute Gasteiger partial charge is 0.378 e. The van der Waals surface area contributed by atoms with E-state index in [4.69, 9.17) is 14.7 Å². The van der Waals surface area contributed by atoms with Crippen LogP contribution in [0.15, 0.2) is 42.2 Å². The average molecular weight is 579 g/mol. The van der Waals surface area contributed by atoms with E-state index in [1.54, 1.807) is 29.1 Å². The minimum absolute atomic E-state index is 0.0359. The fourth-order valence-electron chi connectivity index (χ4n) is 5.20. The summed E-state index contributed by atoms with van der Waals surface area (Å²) in [6.07, 6.45) is 7.15. The van der Waals surface area contributed by atoms with E-state index in [1.807, 2.05) is 23.8 Å². The number of sulfonamides is 1. The summed E-state index contributed by atoms with van der Waals surface area (Å²) in [5.74, 6) is 1.74. The van der Waals surface area contributed by atoms with E-state index in [0.29, 0.717) is 6.42 Å². The second-order valence-electron chi connectivity index (χ2n) is 10.1. The molecule has 0 saturated carbocycles. The van der Waals surface area contributed by atoms with E-state index in [1.165, 1.54) is 4.31 Å². The summed E-state index contributed by atoms with van der Waals surface area (Å²) in [7, 11) is -3.32. The molecule has 2 saturated heterocycles. The highest BCUT2D eigenvalue weighted by molar-refractivity contribution is 7.89. The number of hydrogen-bond donors (Lipinski definition) is 0. The average Bonchev–Trinajstić information content (AvgIpc) is 3.64. The third kappa shape index (κ3) is 5.08. The van der Waals surface area contributed by atoms with Crippen molar-refractivity contribution in [2.45, 2.75) is 31.7 Å². The van der Waals surface area contributed by atoms with Gasteiger partial charge in [-0.25, -0.2) is 23.4 Å². The van der Waals surface area contributed by atoms with E-state index in [-0.39, 0.29) is 25.3 Å². The lowest BCUT2D eigenvalue weighted by Crippen LogP contribution is -2.64. The number of aryl methyl sites for hydroxylation is 2. The summed E-state index contributed by atoms with van der Waals surface area (Å²) < 4.78 is 34.2. The lowest BCUT2D eigenvalue weighted by molar-refractivity contribution is 0.0719. The Morgan fingerprint density at radius 3 is 2.67 bits per heavy atom. The molecule has 0 bridgehead atoms. The highest BCUT2D eigenvalue weighted by Gasteiger charge is 2.49. The second kappa shape index (κ2) is 10.9. The SMILES string of the molecule is CCS(=O)(=O)N1CC(CC#N)(n2cc(-c3nc(CCc4ccc(N5CCOCC5)nc4)nc4ccsc34)cn2)C1. The highest BCUT2D eigenvalue weighted by Crippen LogP contribution is 2.36. The van der Waals surface area contributed by atoms with Crippen LogP contribution >= 0.6 is 11.3 Å². The van der Waals surface area contributed by atoms with Crippen LogP contribution < -0.4 is 4.90 Å². The Balaban J connectivity index is 1.22. The van der Waals surface area contributed by atoms with Gasteiger partial charge in [-0.3, -0.25) is 4.68 Å². The van der Waals surface area contributed by atoms with Crippen LogP contribution in [-0.4, -0.2) is 82.6 Å². The highest BCUT2D eigenvalue weighted by atomic mass is 32.2. The standard InChI is InChI=1S/C27H30N8O3S2/c1-2-40(36,37)34-18-27(19-34,8-9-28)35-17-21(16-30-35)25-26-22(7-14-39-26)31-23(32-25)5-3-20-4-6-24(29-15-20)33-10-12-38-13-11-33/h4,6-7,14-17H,2-3,5,8,10-13,18-19H2,1H3. The first-order valence-corrected chi connectivity index (χ1v) is 15.8. The number of nitriles is 1. The molecular formula is C27H30N8O3S2. The minimum Gasteiger partial charge on any atom is -0.378 e. The Labute approximate surface area is 237 Å². The number of morpholine rings is 1. The molecule has 11 nitrogen and oxygen atoms in total. The third-order valence-corrected chi connectivity index (χ3v) is 10.3. The molecule has 2 aliphatic heterocycles. The van der Waals surface area contributed by atoms with E-state index in [9.17, 15) is 13.7 Å². The van der Waals surface area contributed by atoms with E-state index < -0.39 is 15.6 Å². The van der Waals surface area contributed by atoms with Crippen molar-refractivity contribution < 1.29 is 13.2 Å². The molecule has 0 aromatic carbocycles. The molecule has 4 aromatic rings. The molecule has 0 unspecified atom stereocenters. The van der Waals surface area contributed by atoms with Crippen molar-refractivity contribution in [2.24, 2.45) is 0 Å². The fourth-order valence-corrected chi connectivity index (χ4v) is 7.28. The number of hydrogen-bond acceptors (Lipinski definition) is 10. The van der Waals surface area contributed by atoms with Crippen LogP contribution in [0.2, 0.25) is 0 Å². The molecular weight excluding hydrogens is 548 g/mol. The van der Waals surface area contributed by atoms with Crippen LogP contribution in [0.5, 0.6) is 0 Å². The van der Waals surface area contributed by atoms with Crippen LogP contribution in [-0.2, 0) is 33.1 Å². The quantitative estimate of drug-likeness (QED) is 0.294. The molecule has 6 heterocycles. The van der Waals surface area contributed by atoms with Gasteiger partial charge in [-0.1, -0.05) is 6.07 Å². The van der Waals surface area contributed by atoms with Crippen molar-refractivity contribution in [1.82, 2.24) is 29.0 Å². The van der Waals surface area contributed by atoms with Gasteiger partial charge in [0.1, 0.15) is 17.2 Å². The van der Waals surface area contributed by atoms with Crippen LogP contribution in [0.1, 0.15) is 24.7 Å². The van der Waals surface area contributed by atoms with Crippen molar-refractivity contribution in [3.8, 4) is 17.3 Å². The van der Waals surface area contributed by atoms with Gasteiger partial charge in [-0.2, -0.15) is 14.7 Å². The monoisotopic (exact) mass is 578 g/mol. The molecule has 0 aliphatic carbocycles. The Morgan fingerprint density at radius 2 is 1.95 bits per heavy atom. The maximum atomic E-state index is 12.3. The molecule has 2 aliphatic rings. The molecule has 0 N–H and O–H groups in total. The van der Waals surface area contributed by atoms with Crippen molar-refractivity contribution in [1.29, 1.82) is 5.26 Å². The van der Waals surface area contributed by atoms with E-state index in [0.717, 1.165) is 71.4 Å². The number of rotatable bonds is 9. The molecule has 0 radical (unpaired) electrons.